The average Bonchev–Trinajstić information content (AvgIpc) is 2.96. The van der Waals surface area contributed by atoms with Crippen molar-refractivity contribution in [2.75, 3.05) is 7.11 Å². The molecule has 1 saturated heterocycles. The molecular weight excluding hydrogens is 308 g/mol. The first-order valence-electron chi connectivity index (χ1n) is 7.43. The molecule has 0 aliphatic carbocycles. The number of amides is 1. The molecule has 1 N–H and O–H groups in total. The second kappa shape index (κ2) is 9.00. The molecular formula is C18H20N2O2S. The largest absolute Gasteiger partial charge is 0.497 e. The summed E-state index contributed by atoms with van der Waals surface area (Å²) >= 11 is 1.50. The van der Waals surface area contributed by atoms with Gasteiger partial charge in [-0.05, 0) is 30.7 Å². The fourth-order valence-electron chi connectivity index (χ4n) is 1.90. The van der Waals surface area contributed by atoms with Crippen LogP contribution in [0.5, 0.6) is 5.75 Å². The van der Waals surface area contributed by atoms with Gasteiger partial charge in [0.05, 0.1) is 18.0 Å². The van der Waals surface area contributed by atoms with Gasteiger partial charge in [0, 0.05) is 0 Å². The summed E-state index contributed by atoms with van der Waals surface area (Å²) in [6.07, 6.45) is 0.838. The minimum Gasteiger partial charge on any atom is -0.497 e. The van der Waals surface area contributed by atoms with Crippen LogP contribution in [0.4, 0.5) is 5.69 Å². The number of para-hydroxylation sites is 2. The Balaban J connectivity index is 0.000000203. The topological polar surface area (TPSA) is 50.7 Å². The molecule has 0 radical (unpaired) electrons. The Morgan fingerprint density at radius 2 is 1.70 bits per heavy atom. The molecule has 0 spiro atoms. The minimum absolute atomic E-state index is 0.0208. The third-order valence-corrected chi connectivity index (χ3v) is 4.36. The van der Waals surface area contributed by atoms with Gasteiger partial charge in [0.25, 0.3) is 0 Å². The number of aliphatic imine (C=N–C) groups is 1. The Bertz CT molecular complexity index is 645. The molecule has 0 saturated carbocycles. The Labute approximate surface area is 141 Å². The molecule has 0 aromatic heterocycles. The van der Waals surface area contributed by atoms with E-state index in [2.05, 4.69) is 10.3 Å². The van der Waals surface area contributed by atoms with Crippen molar-refractivity contribution in [1.29, 1.82) is 0 Å². The first-order chi connectivity index (χ1) is 11.2. The van der Waals surface area contributed by atoms with Crippen molar-refractivity contribution in [3.05, 3.63) is 60.7 Å². The van der Waals surface area contributed by atoms with E-state index < -0.39 is 0 Å². The van der Waals surface area contributed by atoms with Crippen molar-refractivity contribution >= 4 is 28.5 Å². The highest BCUT2D eigenvalue weighted by Gasteiger charge is 2.28. The second-order valence-electron chi connectivity index (χ2n) is 4.77. The van der Waals surface area contributed by atoms with Crippen molar-refractivity contribution in [2.45, 2.75) is 18.6 Å². The van der Waals surface area contributed by atoms with Gasteiger partial charge in [0.1, 0.15) is 5.75 Å². The maximum Gasteiger partial charge on any atom is 0.239 e. The molecule has 4 nitrogen and oxygen atoms in total. The van der Waals surface area contributed by atoms with Crippen LogP contribution in [0.1, 0.15) is 13.3 Å². The zero-order chi connectivity index (χ0) is 16.5. The summed E-state index contributed by atoms with van der Waals surface area (Å²) in [6, 6.07) is 19.3. The highest BCUT2D eigenvalue weighted by Crippen LogP contribution is 2.24. The van der Waals surface area contributed by atoms with E-state index in [1.165, 1.54) is 11.8 Å². The number of hydrogen-bond acceptors (Lipinski definition) is 4. The van der Waals surface area contributed by atoms with Crippen LogP contribution in [0.2, 0.25) is 0 Å². The van der Waals surface area contributed by atoms with E-state index in [-0.39, 0.29) is 11.2 Å². The number of ether oxygens (including phenoxy) is 1. The summed E-state index contributed by atoms with van der Waals surface area (Å²) in [5.41, 5.74) is 0.872. The van der Waals surface area contributed by atoms with Crippen LogP contribution in [-0.2, 0) is 4.79 Å². The lowest BCUT2D eigenvalue weighted by molar-refractivity contribution is -0.118. The number of hydrogen-bond donors (Lipinski definition) is 1. The van der Waals surface area contributed by atoms with Crippen LogP contribution in [0.3, 0.4) is 0 Å². The standard InChI is InChI=1S/C11H12N2OS.C7H8O/c1-2-9-10(14)13-11(15-9)12-8-6-4-3-5-7-8;1-8-7-5-3-2-4-6-7/h3-7,9H,2H2,1H3,(H,12,13,14);2-6H,1H3. The van der Waals surface area contributed by atoms with Crippen LogP contribution in [-0.4, -0.2) is 23.4 Å². The number of thioether (sulfide) groups is 1. The lowest BCUT2D eigenvalue weighted by Gasteiger charge is -1.96. The summed E-state index contributed by atoms with van der Waals surface area (Å²) in [4.78, 5) is 15.7. The molecule has 2 aromatic carbocycles. The molecule has 3 rings (SSSR count). The van der Waals surface area contributed by atoms with Crippen LogP contribution in [0.25, 0.3) is 0 Å². The molecule has 1 fully saturated rings. The molecule has 120 valence electrons. The van der Waals surface area contributed by atoms with Gasteiger partial charge < -0.3 is 10.1 Å². The van der Waals surface area contributed by atoms with Crippen molar-refractivity contribution in [3.63, 3.8) is 0 Å². The Morgan fingerprint density at radius 3 is 2.17 bits per heavy atom. The maximum atomic E-state index is 11.4. The van der Waals surface area contributed by atoms with Crippen LogP contribution < -0.4 is 10.1 Å². The summed E-state index contributed by atoms with van der Waals surface area (Å²) in [6.45, 7) is 2.00. The number of carbonyl (C=O) groups excluding carboxylic acids is 1. The van der Waals surface area contributed by atoms with E-state index in [1.807, 2.05) is 67.6 Å². The van der Waals surface area contributed by atoms with E-state index in [1.54, 1.807) is 7.11 Å². The molecule has 1 aliphatic heterocycles. The zero-order valence-electron chi connectivity index (χ0n) is 13.2. The van der Waals surface area contributed by atoms with Crippen molar-refractivity contribution in [1.82, 2.24) is 5.32 Å². The molecule has 1 heterocycles. The van der Waals surface area contributed by atoms with Gasteiger partial charge in [-0.25, -0.2) is 4.99 Å². The predicted octanol–water partition coefficient (Wildman–Crippen LogP) is 4.01. The maximum absolute atomic E-state index is 11.4. The quantitative estimate of drug-likeness (QED) is 0.926. The number of nitrogens with one attached hydrogen (secondary N) is 1. The number of carbonyl (C=O) groups is 1. The third-order valence-electron chi connectivity index (χ3n) is 3.11. The Morgan fingerprint density at radius 1 is 1.09 bits per heavy atom. The van der Waals surface area contributed by atoms with Gasteiger partial charge >= 0.3 is 0 Å². The van der Waals surface area contributed by atoms with Crippen LogP contribution >= 0.6 is 11.8 Å². The van der Waals surface area contributed by atoms with E-state index in [9.17, 15) is 4.79 Å². The number of rotatable bonds is 3. The monoisotopic (exact) mass is 328 g/mol. The highest BCUT2D eigenvalue weighted by molar-refractivity contribution is 8.15. The second-order valence-corrected chi connectivity index (χ2v) is 5.97. The van der Waals surface area contributed by atoms with Gasteiger partial charge in [-0.2, -0.15) is 0 Å². The summed E-state index contributed by atoms with van der Waals surface area (Å²) in [5.74, 6) is 0.977. The van der Waals surface area contributed by atoms with Crippen molar-refractivity contribution < 1.29 is 9.53 Å². The zero-order valence-corrected chi connectivity index (χ0v) is 14.0. The van der Waals surface area contributed by atoms with Gasteiger partial charge in [0.15, 0.2) is 5.17 Å². The van der Waals surface area contributed by atoms with Gasteiger partial charge in [-0.15, -0.1) is 0 Å². The molecule has 1 amide bonds. The predicted molar refractivity (Wildman–Crippen MR) is 96.3 cm³/mol. The number of benzene rings is 2. The molecule has 0 bridgehead atoms. The summed E-state index contributed by atoms with van der Waals surface area (Å²) in [7, 11) is 1.66. The molecule has 23 heavy (non-hydrogen) atoms. The fraction of sp³-hybridized carbons (Fsp3) is 0.222. The number of methoxy groups -OCH3 is 1. The van der Waals surface area contributed by atoms with Gasteiger partial charge in [-0.3, -0.25) is 4.79 Å². The van der Waals surface area contributed by atoms with Crippen LogP contribution in [0, 0.1) is 0 Å². The average molecular weight is 328 g/mol. The van der Waals surface area contributed by atoms with Crippen molar-refractivity contribution in [2.24, 2.45) is 4.99 Å². The molecule has 5 heteroatoms. The lowest BCUT2D eigenvalue weighted by atomic mass is 10.3. The minimum atomic E-state index is 0.0208. The van der Waals surface area contributed by atoms with E-state index in [0.717, 1.165) is 17.9 Å². The van der Waals surface area contributed by atoms with Gasteiger partial charge in [0.2, 0.25) is 5.91 Å². The Kier molecular flexibility index (Phi) is 6.69. The van der Waals surface area contributed by atoms with E-state index in [0.29, 0.717) is 5.17 Å². The Hall–Kier alpha value is -2.27. The molecule has 1 unspecified atom stereocenters. The SMILES string of the molecule is CCC1SC(=Nc2ccccc2)NC1=O.COc1ccccc1. The fourth-order valence-corrected chi connectivity index (χ4v) is 2.82. The normalized spacial score (nSPS) is 18.1. The third kappa shape index (κ3) is 5.45. The summed E-state index contributed by atoms with van der Waals surface area (Å²) < 4.78 is 4.91. The van der Waals surface area contributed by atoms with Crippen LogP contribution in [0.15, 0.2) is 65.7 Å². The van der Waals surface area contributed by atoms with E-state index >= 15 is 0 Å². The van der Waals surface area contributed by atoms with Crippen molar-refractivity contribution in [3.8, 4) is 5.75 Å². The molecule has 2 aromatic rings. The first kappa shape index (κ1) is 17.1. The molecule has 1 aliphatic rings. The van der Waals surface area contributed by atoms with E-state index in [4.69, 9.17) is 4.74 Å². The number of amidine groups is 1. The lowest BCUT2D eigenvalue weighted by Crippen LogP contribution is -2.24. The smallest absolute Gasteiger partial charge is 0.239 e. The summed E-state index contributed by atoms with van der Waals surface area (Å²) in [5, 5.41) is 3.50. The van der Waals surface area contributed by atoms with Gasteiger partial charge in [-0.1, -0.05) is 55.1 Å². The number of nitrogens with zero attached hydrogens (tertiary/aromatic N) is 1. The highest BCUT2D eigenvalue weighted by atomic mass is 32.2. The molecule has 1 atom stereocenters. The first-order valence-corrected chi connectivity index (χ1v) is 8.31.